The van der Waals surface area contributed by atoms with Crippen molar-refractivity contribution in [3.05, 3.63) is 65.2 Å². The van der Waals surface area contributed by atoms with Gasteiger partial charge in [-0.25, -0.2) is 8.78 Å². The van der Waals surface area contributed by atoms with Crippen molar-refractivity contribution in [3.63, 3.8) is 0 Å². The van der Waals surface area contributed by atoms with Crippen LogP contribution in [-0.2, 0) is 14.3 Å². The summed E-state index contributed by atoms with van der Waals surface area (Å²) < 4.78 is 37.3. The number of carbonyl (C=O) groups excluding carboxylic acids is 3. The van der Waals surface area contributed by atoms with E-state index in [1.54, 1.807) is 17.0 Å². The van der Waals surface area contributed by atoms with Crippen molar-refractivity contribution in [3.8, 4) is 5.75 Å². The van der Waals surface area contributed by atoms with Gasteiger partial charge in [0, 0.05) is 24.1 Å². The van der Waals surface area contributed by atoms with Crippen LogP contribution in [0.25, 0.3) is 0 Å². The third-order valence-corrected chi connectivity index (χ3v) is 5.81. The number of nitrogens with zero attached hydrogens (tertiary/aromatic N) is 1. The summed E-state index contributed by atoms with van der Waals surface area (Å²) in [6.45, 7) is 1.89. The topological polar surface area (TPSA) is 72.9 Å². The van der Waals surface area contributed by atoms with Gasteiger partial charge in [-0.3, -0.25) is 14.4 Å². The number of methoxy groups -OCH3 is 1. The van der Waals surface area contributed by atoms with Gasteiger partial charge in [-0.1, -0.05) is 31.5 Å². The lowest BCUT2D eigenvalue weighted by Gasteiger charge is -2.40. The highest BCUT2D eigenvalue weighted by Gasteiger charge is 2.42. The zero-order chi connectivity index (χ0) is 24.0. The van der Waals surface area contributed by atoms with Crippen LogP contribution in [0.3, 0.4) is 0 Å². The summed E-state index contributed by atoms with van der Waals surface area (Å²) in [7, 11) is 1.52. The lowest BCUT2D eigenvalue weighted by atomic mass is 9.83. The Morgan fingerprint density at radius 1 is 1.12 bits per heavy atom. The second-order valence-corrected chi connectivity index (χ2v) is 7.93. The lowest BCUT2D eigenvalue weighted by Crippen LogP contribution is -2.46. The van der Waals surface area contributed by atoms with Crippen molar-refractivity contribution in [2.24, 2.45) is 5.92 Å². The number of likely N-dealkylation sites (tertiary alicyclic amines) is 1. The lowest BCUT2D eigenvalue weighted by molar-refractivity contribution is -0.156. The van der Waals surface area contributed by atoms with Gasteiger partial charge in [0.05, 0.1) is 19.1 Å². The van der Waals surface area contributed by atoms with Gasteiger partial charge in [-0.15, -0.1) is 0 Å². The van der Waals surface area contributed by atoms with Gasteiger partial charge in [-0.05, 0) is 37.1 Å². The number of unbranched alkanes of at least 4 members (excludes halogenated alkanes) is 1. The molecule has 176 valence electrons. The minimum Gasteiger partial charge on any atom is -0.496 e. The van der Waals surface area contributed by atoms with Crippen LogP contribution in [0.2, 0.25) is 0 Å². The van der Waals surface area contributed by atoms with Crippen LogP contribution in [0.15, 0.2) is 42.5 Å². The van der Waals surface area contributed by atoms with E-state index in [0.717, 1.165) is 31.0 Å². The molecule has 0 N–H and O–H groups in total. The summed E-state index contributed by atoms with van der Waals surface area (Å²) in [5, 5.41) is 0. The Morgan fingerprint density at radius 3 is 2.58 bits per heavy atom. The zero-order valence-electron chi connectivity index (χ0n) is 18.7. The highest BCUT2D eigenvalue weighted by atomic mass is 19.2. The Labute approximate surface area is 191 Å². The van der Waals surface area contributed by atoms with E-state index in [4.69, 9.17) is 9.47 Å². The van der Waals surface area contributed by atoms with E-state index in [1.807, 2.05) is 19.1 Å². The number of para-hydroxylation sites is 1. The molecule has 2 aromatic carbocycles. The van der Waals surface area contributed by atoms with Crippen LogP contribution >= 0.6 is 0 Å². The van der Waals surface area contributed by atoms with Crippen LogP contribution in [0.5, 0.6) is 5.75 Å². The molecule has 0 radical (unpaired) electrons. The summed E-state index contributed by atoms with van der Waals surface area (Å²) >= 11 is 0. The second-order valence-electron chi connectivity index (χ2n) is 7.93. The average molecular weight is 459 g/mol. The maximum atomic E-state index is 13.4. The quantitative estimate of drug-likeness (QED) is 0.408. The summed E-state index contributed by atoms with van der Waals surface area (Å²) in [4.78, 5) is 39.9. The number of Topliss-reactive ketones (excluding diaryl/α,β-unsaturated/α-hetero) is 1. The number of esters is 1. The molecule has 2 aromatic rings. The molecule has 1 amide bonds. The molecule has 2 unspecified atom stereocenters. The molecule has 33 heavy (non-hydrogen) atoms. The normalized spacial score (nSPS) is 18.2. The molecule has 1 heterocycles. The second kappa shape index (κ2) is 11.0. The van der Waals surface area contributed by atoms with E-state index in [0.29, 0.717) is 17.9 Å². The van der Waals surface area contributed by atoms with Crippen molar-refractivity contribution in [2.45, 2.75) is 38.6 Å². The van der Waals surface area contributed by atoms with Gasteiger partial charge in [-0.2, -0.15) is 0 Å². The van der Waals surface area contributed by atoms with Gasteiger partial charge >= 0.3 is 5.97 Å². The van der Waals surface area contributed by atoms with Gasteiger partial charge < -0.3 is 14.4 Å². The number of amides is 1. The fourth-order valence-corrected chi connectivity index (χ4v) is 4.08. The number of ketones is 1. The number of halogens is 2. The fourth-order valence-electron chi connectivity index (χ4n) is 4.08. The molecular weight excluding hydrogens is 432 g/mol. The number of rotatable bonds is 9. The van der Waals surface area contributed by atoms with Crippen molar-refractivity contribution in [1.82, 2.24) is 4.90 Å². The van der Waals surface area contributed by atoms with E-state index in [9.17, 15) is 23.2 Å². The van der Waals surface area contributed by atoms with E-state index in [-0.39, 0.29) is 24.3 Å². The molecule has 0 spiro atoms. The number of hydrogen-bond donors (Lipinski definition) is 0. The molecule has 0 bridgehead atoms. The maximum Gasteiger partial charge on any atom is 0.311 e. The summed E-state index contributed by atoms with van der Waals surface area (Å²) in [6.07, 6.45) is 2.10. The third kappa shape index (κ3) is 5.56. The smallest absolute Gasteiger partial charge is 0.311 e. The predicted molar refractivity (Wildman–Crippen MR) is 117 cm³/mol. The minimum atomic E-state index is -1.15. The highest BCUT2D eigenvalue weighted by Crippen LogP contribution is 2.41. The predicted octanol–water partition coefficient (Wildman–Crippen LogP) is 4.48. The molecule has 1 aliphatic heterocycles. The van der Waals surface area contributed by atoms with Gasteiger partial charge in [0.15, 0.2) is 24.0 Å². The van der Waals surface area contributed by atoms with Gasteiger partial charge in [0.25, 0.3) is 0 Å². The molecule has 8 heteroatoms. The standard InChI is InChI=1S/C25H27F2NO5/c1-3-4-13-28-23(30)12-10-18(24(28)17-7-5-6-8-22(17)32-2)25(31)33-15-21(29)16-9-11-19(26)20(27)14-16/h5-9,11,14,18,24H,3-4,10,12-13,15H2,1-2H3. The Kier molecular flexibility index (Phi) is 8.14. The van der Waals surface area contributed by atoms with Crippen LogP contribution in [0.4, 0.5) is 8.78 Å². The number of piperidine rings is 1. The third-order valence-electron chi connectivity index (χ3n) is 5.81. The van der Waals surface area contributed by atoms with E-state index < -0.39 is 42.0 Å². The van der Waals surface area contributed by atoms with Crippen molar-refractivity contribution >= 4 is 17.7 Å². The molecule has 3 rings (SSSR count). The van der Waals surface area contributed by atoms with Crippen LogP contribution < -0.4 is 4.74 Å². The maximum absolute atomic E-state index is 13.4. The molecule has 1 saturated heterocycles. The monoisotopic (exact) mass is 459 g/mol. The number of carbonyl (C=O) groups is 3. The molecule has 0 saturated carbocycles. The first-order valence-electron chi connectivity index (χ1n) is 10.9. The largest absolute Gasteiger partial charge is 0.496 e. The van der Waals surface area contributed by atoms with Crippen molar-refractivity contribution in [2.75, 3.05) is 20.3 Å². The van der Waals surface area contributed by atoms with Gasteiger partial charge in [0.2, 0.25) is 5.91 Å². The summed E-state index contributed by atoms with van der Waals surface area (Å²) in [5.74, 6) is -3.70. The van der Waals surface area contributed by atoms with E-state index in [1.165, 1.54) is 7.11 Å². The van der Waals surface area contributed by atoms with Crippen LogP contribution in [-0.4, -0.2) is 42.8 Å². The van der Waals surface area contributed by atoms with E-state index >= 15 is 0 Å². The molecule has 6 nitrogen and oxygen atoms in total. The number of hydrogen-bond acceptors (Lipinski definition) is 5. The average Bonchev–Trinajstić information content (AvgIpc) is 2.83. The first kappa shape index (κ1) is 24.4. The van der Waals surface area contributed by atoms with Gasteiger partial charge in [0.1, 0.15) is 5.75 Å². The van der Waals surface area contributed by atoms with Crippen molar-refractivity contribution < 1.29 is 32.6 Å². The Balaban J connectivity index is 1.83. The van der Waals surface area contributed by atoms with E-state index in [2.05, 4.69) is 0 Å². The Morgan fingerprint density at radius 2 is 1.88 bits per heavy atom. The molecular formula is C25H27F2NO5. The first-order valence-corrected chi connectivity index (χ1v) is 10.9. The minimum absolute atomic E-state index is 0.0544. The molecule has 0 aliphatic carbocycles. The Hall–Kier alpha value is -3.29. The molecule has 1 aliphatic rings. The van der Waals surface area contributed by atoms with Crippen LogP contribution in [0, 0.1) is 17.6 Å². The molecule has 2 atom stereocenters. The fraction of sp³-hybridized carbons (Fsp3) is 0.400. The number of ether oxygens (including phenoxy) is 2. The molecule has 0 aromatic heterocycles. The van der Waals surface area contributed by atoms with Crippen molar-refractivity contribution in [1.29, 1.82) is 0 Å². The first-order chi connectivity index (χ1) is 15.9. The SMILES string of the molecule is CCCCN1C(=O)CCC(C(=O)OCC(=O)c2ccc(F)c(F)c2)C1c1ccccc1OC. The summed E-state index contributed by atoms with van der Waals surface area (Å²) in [6, 6.07) is 9.35. The Bertz CT molecular complexity index is 1030. The van der Waals surface area contributed by atoms with Crippen LogP contribution in [0.1, 0.15) is 54.6 Å². The highest BCUT2D eigenvalue weighted by molar-refractivity contribution is 5.98. The summed E-state index contributed by atoms with van der Waals surface area (Å²) in [5.41, 5.74) is 0.601. The number of benzene rings is 2. The molecule has 1 fully saturated rings. The zero-order valence-corrected chi connectivity index (χ0v) is 18.7.